The van der Waals surface area contributed by atoms with Gasteiger partial charge < -0.3 is 10.1 Å². The van der Waals surface area contributed by atoms with E-state index in [4.69, 9.17) is 4.74 Å². The molecule has 0 bridgehead atoms. The molecule has 0 saturated heterocycles. The van der Waals surface area contributed by atoms with Crippen molar-refractivity contribution in [1.82, 2.24) is 9.78 Å². The summed E-state index contributed by atoms with van der Waals surface area (Å²) in [5.74, 6) is 0.547. The van der Waals surface area contributed by atoms with Crippen LogP contribution in [0.3, 0.4) is 0 Å². The lowest BCUT2D eigenvalue weighted by Crippen LogP contribution is -2.12. The Morgan fingerprint density at radius 2 is 1.89 bits per heavy atom. The minimum absolute atomic E-state index is 0.150. The first kappa shape index (κ1) is 18.7. The maximum atomic E-state index is 12.5. The Hall–Kier alpha value is -3.08. The second-order valence-electron chi connectivity index (χ2n) is 6.56. The fourth-order valence-electron chi connectivity index (χ4n) is 3.08. The highest BCUT2D eigenvalue weighted by atomic mass is 16.5. The minimum Gasteiger partial charge on any atom is -0.494 e. The first-order valence-electron chi connectivity index (χ1n) is 9.10. The Kier molecular flexibility index (Phi) is 5.60. The predicted octanol–water partition coefficient (Wildman–Crippen LogP) is 4.28. The molecule has 3 aromatic rings. The van der Waals surface area contributed by atoms with Crippen molar-refractivity contribution in [3.8, 4) is 5.75 Å². The van der Waals surface area contributed by atoms with Crippen LogP contribution in [0.1, 0.15) is 39.8 Å². The molecule has 2 aromatic carbocycles. The standard InChI is InChI=1S/C22H25N3O2/c1-5-27-20-8-6-7-18(14-20)22(26)23-19-11-9-17(10-12-19)13-21-15(2)24-25(4)16(21)3/h6-12,14H,5,13H2,1-4H3,(H,23,26). The van der Waals surface area contributed by atoms with Crippen LogP contribution in [-0.4, -0.2) is 22.3 Å². The SMILES string of the molecule is CCOc1cccc(C(=O)Nc2ccc(Cc3c(C)nn(C)c3C)cc2)c1. The fourth-order valence-corrected chi connectivity index (χ4v) is 3.08. The molecule has 1 amide bonds. The number of hydrogen-bond donors (Lipinski definition) is 1. The lowest BCUT2D eigenvalue weighted by Gasteiger charge is -2.09. The third kappa shape index (κ3) is 4.37. The van der Waals surface area contributed by atoms with E-state index in [0.717, 1.165) is 17.8 Å². The van der Waals surface area contributed by atoms with Gasteiger partial charge in [0.05, 0.1) is 12.3 Å². The van der Waals surface area contributed by atoms with Crippen molar-refractivity contribution in [2.24, 2.45) is 7.05 Å². The van der Waals surface area contributed by atoms with Crippen molar-refractivity contribution in [2.45, 2.75) is 27.2 Å². The third-order valence-corrected chi connectivity index (χ3v) is 4.66. The number of benzene rings is 2. The Balaban J connectivity index is 1.68. The number of aromatic nitrogens is 2. The summed E-state index contributed by atoms with van der Waals surface area (Å²) < 4.78 is 7.37. The average Bonchev–Trinajstić information content (AvgIpc) is 2.90. The molecule has 1 heterocycles. The first-order valence-corrected chi connectivity index (χ1v) is 9.10. The van der Waals surface area contributed by atoms with E-state index in [1.165, 1.54) is 16.8 Å². The number of aryl methyl sites for hydroxylation is 2. The number of nitrogens with one attached hydrogen (secondary N) is 1. The van der Waals surface area contributed by atoms with Gasteiger partial charge in [0, 0.05) is 36.0 Å². The molecule has 0 atom stereocenters. The Morgan fingerprint density at radius 1 is 1.15 bits per heavy atom. The highest BCUT2D eigenvalue weighted by Crippen LogP contribution is 2.20. The molecule has 0 aliphatic rings. The van der Waals surface area contributed by atoms with Crippen molar-refractivity contribution in [3.63, 3.8) is 0 Å². The number of carbonyl (C=O) groups is 1. The maximum absolute atomic E-state index is 12.5. The van der Waals surface area contributed by atoms with Crippen LogP contribution in [0.4, 0.5) is 5.69 Å². The van der Waals surface area contributed by atoms with Gasteiger partial charge in [0.25, 0.3) is 5.91 Å². The quantitative estimate of drug-likeness (QED) is 0.711. The predicted molar refractivity (Wildman–Crippen MR) is 107 cm³/mol. The highest BCUT2D eigenvalue weighted by Gasteiger charge is 2.11. The summed E-state index contributed by atoms with van der Waals surface area (Å²) in [4.78, 5) is 12.5. The zero-order chi connectivity index (χ0) is 19.4. The maximum Gasteiger partial charge on any atom is 0.255 e. The van der Waals surface area contributed by atoms with Crippen LogP contribution < -0.4 is 10.1 Å². The monoisotopic (exact) mass is 363 g/mol. The molecule has 3 rings (SSSR count). The Bertz CT molecular complexity index is 943. The van der Waals surface area contributed by atoms with Crippen LogP contribution in [0.5, 0.6) is 5.75 Å². The van der Waals surface area contributed by atoms with Crippen LogP contribution in [-0.2, 0) is 13.5 Å². The first-order chi connectivity index (χ1) is 13.0. The number of carbonyl (C=O) groups excluding carboxylic acids is 1. The molecule has 0 fully saturated rings. The summed E-state index contributed by atoms with van der Waals surface area (Å²) >= 11 is 0. The largest absolute Gasteiger partial charge is 0.494 e. The van der Waals surface area contributed by atoms with E-state index >= 15 is 0 Å². The molecular formula is C22H25N3O2. The van der Waals surface area contributed by atoms with E-state index in [1.807, 2.05) is 62.0 Å². The fraction of sp³-hybridized carbons (Fsp3) is 0.273. The van der Waals surface area contributed by atoms with E-state index in [1.54, 1.807) is 12.1 Å². The summed E-state index contributed by atoms with van der Waals surface area (Å²) in [7, 11) is 1.96. The van der Waals surface area contributed by atoms with Crippen LogP contribution in [0, 0.1) is 13.8 Å². The molecule has 0 unspecified atom stereocenters. The van der Waals surface area contributed by atoms with Gasteiger partial charge >= 0.3 is 0 Å². The van der Waals surface area contributed by atoms with E-state index in [-0.39, 0.29) is 5.91 Å². The van der Waals surface area contributed by atoms with Crippen LogP contribution in [0.25, 0.3) is 0 Å². The normalized spacial score (nSPS) is 10.7. The van der Waals surface area contributed by atoms with Crippen molar-refractivity contribution in [3.05, 3.63) is 76.6 Å². The number of rotatable bonds is 6. The van der Waals surface area contributed by atoms with Gasteiger partial charge in [-0.2, -0.15) is 5.10 Å². The second kappa shape index (κ2) is 8.08. The zero-order valence-electron chi connectivity index (χ0n) is 16.2. The molecule has 140 valence electrons. The lowest BCUT2D eigenvalue weighted by molar-refractivity contribution is 0.102. The average molecular weight is 363 g/mol. The lowest BCUT2D eigenvalue weighted by atomic mass is 10.0. The molecule has 5 nitrogen and oxygen atoms in total. The summed E-state index contributed by atoms with van der Waals surface area (Å²) in [6.07, 6.45) is 0.829. The van der Waals surface area contributed by atoms with E-state index in [0.29, 0.717) is 17.9 Å². The van der Waals surface area contributed by atoms with Crippen LogP contribution in [0.15, 0.2) is 48.5 Å². The molecule has 0 radical (unpaired) electrons. The molecule has 0 saturated carbocycles. The minimum atomic E-state index is -0.150. The third-order valence-electron chi connectivity index (χ3n) is 4.66. The van der Waals surface area contributed by atoms with Gasteiger partial charge in [-0.15, -0.1) is 0 Å². The van der Waals surface area contributed by atoms with Crippen LogP contribution in [0.2, 0.25) is 0 Å². The van der Waals surface area contributed by atoms with Gasteiger partial charge in [-0.3, -0.25) is 9.48 Å². The van der Waals surface area contributed by atoms with Crippen molar-refractivity contribution in [2.75, 3.05) is 11.9 Å². The zero-order valence-corrected chi connectivity index (χ0v) is 16.2. The number of amides is 1. The van der Waals surface area contributed by atoms with E-state index in [9.17, 15) is 4.79 Å². The molecule has 0 aliphatic heterocycles. The van der Waals surface area contributed by atoms with Gasteiger partial charge in [0.2, 0.25) is 0 Å². The summed E-state index contributed by atoms with van der Waals surface area (Å²) in [6.45, 7) is 6.61. The molecule has 5 heteroatoms. The molecule has 0 aliphatic carbocycles. The van der Waals surface area contributed by atoms with Crippen molar-refractivity contribution < 1.29 is 9.53 Å². The number of anilines is 1. The summed E-state index contributed by atoms with van der Waals surface area (Å²) in [6, 6.07) is 15.1. The molecule has 27 heavy (non-hydrogen) atoms. The topological polar surface area (TPSA) is 56.1 Å². The summed E-state index contributed by atoms with van der Waals surface area (Å²) in [5, 5.41) is 7.40. The molecule has 1 N–H and O–H groups in total. The second-order valence-corrected chi connectivity index (χ2v) is 6.56. The van der Waals surface area contributed by atoms with Gasteiger partial charge in [-0.05, 0) is 56.7 Å². The van der Waals surface area contributed by atoms with Gasteiger partial charge in [0.15, 0.2) is 0 Å². The van der Waals surface area contributed by atoms with E-state index < -0.39 is 0 Å². The smallest absolute Gasteiger partial charge is 0.255 e. The summed E-state index contributed by atoms with van der Waals surface area (Å²) in [5.41, 5.74) is 6.02. The van der Waals surface area contributed by atoms with Crippen molar-refractivity contribution in [1.29, 1.82) is 0 Å². The molecule has 0 spiro atoms. The molecular weight excluding hydrogens is 338 g/mol. The Labute approximate surface area is 160 Å². The van der Waals surface area contributed by atoms with Crippen molar-refractivity contribution >= 4 is 11.6 Å². The van der Waals surface area contributed by atoms with E-state index in [2.05, 4.69) is 17.3 Å². The van der Waals surface area contributed by atoms with Gasteiger partial charge in [-0.1, -0.05) is 18.2 Å². The number of hydrogen-bond acceptors (Lipinski definition) is 3. The number of nitrogens with zero attached hydrogens (tertiary/aromatic N) is 2. The van der Waals surface area contributed by atoms with Gasteiger partial charge in [0.1, 0.15) is 5.75 Å². The number of ether oxygens (including phenoxy) is 1. The Morgan fingerprint density at radius 3 is 2.52 bits per heavy atom. The highest BCUT2D eigenvalue weighted by molar-refractivity contribution is 6.04. The van der Waals surface area contributed by atoms with Crippen LogP contribution >= 0.6 is 0 Å². The molecule has 1 aromatic heterocycles. The van der Waals surface area contributed by atoms with Gasteiger partial charge in [-0.25, -0.2) is 0 Å².